The first-order chi connectivity index (χ1) is 14.6. The molecular formula is C20H35N5O5S. The average molecular weight is 458 g/mol. The van der Waals surface area contributed by atoms with Gasteiger partial charge in [-0.05, 0) is 51.9 Å². The molecule has 1 N–H and O–H groups in total. The van der Waals surface area contributed by atoms with Gasteiger partial charge in [-0.15, -0.1) is 0 Å². The molecule has 3 heterocycles. The minimum atomic E-state index is -3.18. The van der Waals surface area contributed by atoms with Gasteiger partial charge in [0, 0.05) is 32.8 Å². The van der Waals surface area contributed by atoms with Crippen LogP contribution in [0, 0.1) is 12.3 Å². The lowest BCUT2D eigenvalue weighted by Gasteiger charge is -2.38. The predicted molar refractivity (Wildman–Crippen MR) is 115 cm³/mol. The Morgan fingerprint density at radius 2 is 2.06 bits per heavy atom. The molecule has 1 aromatic rings. The van der Waals surface area contributed by atoms with Crippen molar-refractivity contribution in [3.63, 3.8) is 0 Å². The van der Waals surface area contributed by atoms with Gasteiger partial charge in [0.05, 0.1) is 24.9 Å². The Labute approximate surface area is 184 Å². The van der Waals surface area contributed by atoms with E-state index in [1.807, 2.05) is 13.8 Å². The molecule has 0 bridgehead atoms. The summed E-state index contributed by atoms with van der Waals surface area (Å²) < 4.78 is 36.3. The smallest absolute Gasteiger partial charge is 0.244 e. The highest BCUT2D eigenvalue weighted by atomic mass is 32.2. The van der Waals surface area contributed by atoms with Crippen molar-refractivity contribution in [1.82, 2.24) is 24.7 Å². The summed E-state index contributed by atoms with van der Waals surface area (Å²) in [5, 5.41) is 6.89. The quantitative estimate of drug-likeness (QED) is 0.548. The molecule has 0 aromatic carbocycles. The third kappa shape index (κ3) is 6.47. The summed E-state index contributed by atoms with van der Waals surface area (Å²) in [7, 11) is -3.18. The summed E-state index contributed by atoms with van der Waals surface area (Å²) in [5.74, 6) is 1.05. The van der Waals surface area contributed by atoms with Gasteiger partial charge in [0.1, 0.15) is 0 Å². The maximum absolute atomic E-state index is 12.6. The number of likely N-dealkylation sites (tertiary alicyclic amines) is 1. The van der Waals surface area contributed by atoms with Gasteiger partial charge in [-0.1, -0.05) is 5.16 Å². The summed E-state index contributed by atoms with van der Waals surface area (Å²) in [4.78, 5) is 19.1. The number of nitrogens with one attached hydrogen (secondary N) is 1. The number of aryl methyl sites for hydroxylation is 1. The zero-order chi connectivity index (χ0) is 22.6. The van der Waals surface area contributed by atoms with E-state index in [0.717, 1.165) is 25.7 Å². The van der Waals surface area contributed by atoms with Crippen LogP contribution in [0.15, 0.2) is 4.52 Å². The molecule has 0 radical (unpaired) electrons. The second-order valence-electron chi connectivity index (χ2n) is 9.09. The second-order valence-corrected chi connectivity index (χ2v) is 11.1. The van der Waals surface area contributed by atoms with Gasteiger partial charge in [-0.3, -0.25) is 9.69 Å². The molecular weight excluding hydrogens is 422 g/mol. The number of hydrogen-bond acceptors (Lipinski definition) is 8. The lowest BCUT2D eigenvalue weighted by Crippen LogP contribution is -2.44. The van der Waals surface area contributed by atoms with Crippen LogP contribution in [0.4, 0.5) is 0 Å². The Hall–Kier alpha value is -1.56. The Morgan fingerprint density at radius 3 is 2.65 bits per heavy atom. The van der Waals surface area contributed by atoms with E-state index in [4.69, 9.17) is 9.26 Å². The van der Waals surface area contributed by atoms with Gasteiger partial charge < -0.3 is 14.6 Å². The number of nitrogens with zero attached hydrogens (tertiary/aromatic N) is 4. The van der Waals surface area contributed by atoms with E-state index in [1.54, 1.807) is 11.2 Å². The zero-order valence-electron chi connectivity index (χ0n) is 19.0. The number of hydrogen-bond donors (Lipinski definition) is 1. The third-order valence-electron chi connectivity index (χ3n) is 6.13. The largest absolute Gasteiger partial charge is 0.379 e. The van der Waals surface area contributed by atoms with Crippen molar-refractivity contribution in [3.05, 3.63) is 11.7 Å². The standard InChI is InChI=1S/C20H35N5O5S/c1-15(2)29-11-5-8-21-18(26)13-24-14-20(6-9-25(10-7-20)31(4,27)28)12-17(24)19-22-16(3)23-30-19/h15,17H,5-14H2,1-4H3,(H,21,26). The van der Waals surface area contributed by atoms with Crippen molar-refractivity contribution in [2.45, 2.75) is 58.6 Å². The zero-order valence-corrected chi connectivity index (χ0v) is 19.8. The lowest BCUT2D eigenvalue weighted by atomic mass is 9.77. The maximum Gasteiger partial charge on any atom is 0.244 e. The molecule has 1 atom stereocenters. The minimum absolute atomic E-state index is 0.0450. The van der Waals surface area contributed by atoms with E-state index < -0.39 is 10.0 Å². The van der Waals surface area contributed by atoms with E-state index in [-0.39, 0.29) is 30.0 Å². The summed E-state index contributed by atoms with van der Waals surface area (Å²) in [6.07, 6.45) is 4.50. The van der Waals surface area contributed by atoms with E-state index >= 15 is 0 Å². The van der Waals surface area contributed by atoms with Crippen LogP contribution in [-0.4, -0.2) is 85.4 Å². The second kappa shape index (κ2) is 9.93. The van der Waals surface area contributed by atoms with Gasteiger partial charge in [0.15, 0.2) is 5.82 Å². The van der Waals surface area contributed by atoms with Crippen LogP contribution in [0.3, 0.4) is 0 Å². The summed E-state index contributed by atoms with van der Waals surface area (Å²) in [5.41, 5.74) is -0.0559. The Kier molecular flexibility index (Phi) is 7.72. The fraction of sp³-hybridized carbons (Fsp3) is 0.850. The highest BCUT2D eigenvalue weighted by molar-refractivity contribution is 7.88. The molecule has 0 aliphatic carbocycles. The first-order valence-corrected chi connectivity index (χ1v) is 12.8. The number of aromatic nitrogens is 2. The van der Waals surface area contributed by atoms with Crippen LogP contribution in [0.1, 0.15) is 57.3 Å². The number of sulfonamides is 1. The molecule has 11 heteroatoms. The van der Waals surface area contributed by atoms with Gasteiger partial charge in [0.25, 0.3) is 0 Å². The topological polar surface area (TPSA) is 118 Å². The van der Waals surface area contributed by atoms with Crippen molar-refractivity contribution in [3.8, 4) is 0 Å². The molecule has 2 aliphatic heterocycles. The Morgan fingerprint density at radius 1 is 1.35 bits per heavy atom. The van der Waals surface area contributed by atoms with Crippen molar-refractivity contribution in [1.29, 1.82) is 0 Å². The summed E-state index contributed by atoms with van der Waals surface area (Å²) >= 11 is 0. The third-order valence-corrected chi connectivity index (χ3v) is 7.43. The molecule has 2 saturated heterocycles. The number of carbonyl (C=O) groups excluding carboxylic acids is 1. The molecule has 1 spiro atoms. The lowest BCUT2D eigenvalue weighted by molar-refractivity contribution is -0.122. The van der Waals surface area contributed by atoms with Crippen LogP contribution < -0.4 is 5.32 Å². The van der Waals surface area contributed by atoms with E-state index in [1.165, 1.54) is 6.26 Å². The number of ether oxygens (including phenoxy) is 1. The number of piperidine rings is 1. The van der Waals surface area contributed by atoms with Crippen LogP contribution in [-0.2, 0) is 19.6 Å². The summed E-state index contributed by atoms with van der Waals surface area (Å²) in [6.45, 7) is 8.90. The predicted octanol–water partition coefficient (Wildman–Crippen LogP) is 1.10. The number of amides is 1. The van der Waals surface area contributed by atoms with Crippen LogP contribution in [0.25, 0.3) is 0 Å². The van der Waals surface area contributed by atoms with Crippen molar-refractivity contribution in [2.24, 2.45) is 5.41 Å². The van der Waals surface area contributed by atoms with Crippen molar-refractivity contribution >= 4 is 15.9 Å². The molecule has 0 saturated carbocycles. The number of carbonyl (C=O) groups is 1. The normalized spacial score (nSPS) is 22.4. The molecule has 3 rings (SSSR count). The molecule has 10 nitrogen and oxygen atoms in total. The van der Waals surface area contributed by atoms with Crippen molar-refractivity contribution in [2.75, 3.05) is 45.6 Å². The van der Waals surface area contributed by atoms with Gasteiger partial charge >= 0.3 is 0 Å². The summed E-state index contributed by atoms with van der Waals surface area (Å²) in [6, 6.07) is -0.138. The molecule has 2 aliphatic rings. The van der Waals surface area contributed by atoms with Gasteiger partial charge in [0.2, 0.25) is 21.8 Å². The molecule has 1 unspecified atom stereocenters. The SMILES string of the molecule is Cc1noc(C2CC3(CCN(S(C)(=O)=O)CC3)CN2CC(=O)NCCCOC(C)C)n1. The van der Waals surface area contributed by atoms with Crippen LogP contribution in [0.2, 0.25) is 0 Å². The molecule has 31 heavy (non-hydrogen) atoms. The maximum atomic E-state index is 12.6. The fourth-order valence-electron chi connectivity index (χ4n) is 4.52. The molecule has 176 valence electrons. The van der Waals surface area contributed by atoms with Crippen LogP contribution >= 0.6 is 0 Å². The van der Waals surface area contributed by atoms with Gasteiger partial charge in [-0.2, -0.15) is 4.98 Å². The highest BCUT2D eigenvalue weighted by Crippen LogP contribution is 2.48. The Bertz CT molecular complexity index is 848. The van der Waals surface area contributed by atoms with Crippen LogP contribution in [0.5, 0.6) is 0 Å². The number of rotatable bonds is 9. The van der Waals surface area contributed by atoms with Crippen molar-refractivity contribution < 1.29 is 22.5 Å². The first-order valence-electron chi connectivity index (χ1n) is 11.0. The molecule has 1 amide bonds. The molecule has 2 fully saturated rings. The van der Waals surface area contributed by atoms with E-state index in [0.29, 0.717) is 44.5 Å². The minimum Gasteiger partial charge on any atom is -0.379 e. The fourth-order valence-corrected chi connectivity index (χ4v) is 5.36. The van der Waals surface area contributed by atoms with E-state index in [9.17, 15) is 13.2 Å². The monoisotopic (exact) mass is 457 g/mol. The van der Waals surface area contributed by atoms with Gasteiger partial charge in [-0.25, -0.2) is 12.7 Å². The van der Waals surface area contributed by atoms with E-state index in [2.05, 4.69) is 20.4 Å². The highest BCUT2D eigenvalue weighted by Gasteiger charge is 2.48. The molecule has 1 aromatic heterocycles. The average Bonchev–Trinajstić information content (AvgIpc) is 3.24. The Balaban J connectivity index is 1.61. The first kappa shape index (κ1) is 24.1.